The van der Waals surface area contributed by atoms with E-state index in [0.29, 0.717) is 18.3 Å². The Hall–Kier alpha value is -1.88. The second-order valence-electron chi connectivity index (χ2n) is 5.13. The first kappa shape index (κ1) is 15.5. The molecular formula is C16H23N3O2. The minimum Gasteiger partial charge on any atom is -0.399 e. The van der Waals surface area contributed by atoms with Gasteiger partial charge in [0.2, 0.25) is 5.82 Å². The molecule has 1 heterocycles. The maximum absolute atomic E-state index is 5.90. The van der Waals surface area contributed by atoms with E-state index in [1.54, 1.807) is 0 Å². The van der Waals surface area contributed by atoms with Crippen LogP contribution in [0.4, 0.5) is 5.69 Å². The van der Waals surface area contributed by atoms with Crippen molar-refractivity contribution in [2.45, 2.75) is 46.1 Å². The summed E-state index contributed by atoms with van der Waals surface area (Å²) in [7, 11) is 0. The van der Waals surface area contributed by atoms with E-state index < -0.39 is 5.60 Å². The number of aromatic nitrogens is 2. The van der Waals surface area contributed by atoms with Crippen molar-refractivity contribution < 1.29 is 9.26 Å². The van der Waals surface area contributed by atoms with Gasteiger partial charge in [-0.2, -0.15) is 4.98 Å². The predicted octanol–water partition coefficient (Wildman–Crippen LogP) is 3.68. The van der Waals surface area contributed by atoms with Crippen molar-refractivity contribution in [3.63, 3.8) is 0 Å². The van der Waals surface area contributed by atoms with E-state index in [2.05, 4.69) is 24.0 Å². The standard InChI is InChI=1S/C16H23N3O2/c1-5-16(6-2,20-7-3)15-18-14(21-19-15)12-8-9-13(17)11(4)10-12/h8-10H,5-7,17H2,1-4H3. The third kappa shape index (κ3) is 2.93. The van der Waals surface area contributed by atoms with E-state index in [9.17, 15) is 0 Å². The lowest BCUT2D eigenvalue weighted by Crippen LogP contribution is -2.29. The molecule has 0 aliphatic rings. The molecule has 0 spiro atoms. The molecule has 0 aliphatic carbocycles. The summed E-state index contributed by atoms with van der Waals surface area (Å²) in [4.78, 5) is 4.54. The van der Waals surface area contributed by atoms with Crippen molar-refractivity contribution in [2.24, 2.45) is 0 Å². The molecule has 5 nitrogen and oxygen atoms in total. The molecule has 0 radical (unpaired) electrons. The van der Waals surface area contributed by atoms with Gasteiger partial charge < -0.3 is 15.0 Å². The largest absolute Gasteiger partial charge is 0.399 e. The molecule has 0 saturated carbocycles. The summed E-state index contributed by atoms with van der Waals surface area (Å²) in [6, 6.07) is 5.69. The molecule has 2 N–H and O–H groups in total. The van der Waals surface area contributed by atoms with Crippen LogP contribution in [-0.4, -0.2) is 16.7 Å². The van der Waals surface area contributed by atoms with Gasteiger partial charge in [-0.05, 0) is 50.5 Å². The summed E-state index contributed by atoms with van der Waals surface area (Å²) < 4.78 is 11.3. The molecule has 114 valence electrons. The van der Waals surface area contributed by atoms with Crippen molar-refractivity contribution >= 4 is 5.69 Å². The molecule has 0 amide bonds. The second kappa shape index (κ2) is 6.26. The molecule has 0 atom stereocenters. The lowest BCUT2D eigenvalue weighted by Gasteiger charge is -2.27. The number of hydrogen-bond acceptors (Lipinski definition) is 5. The number of nitrogen functional groups attached to an aromatic ring is 1. The molecule has 0 saturated heterocycles. The van der Waals surface area contributed by atoms with E-state index in [4.69, 9.17) is 15.0 Å². The Bertz CT molecular complexity index is 603. The number of anilines is 1. The lowest BCUT2D eigenvalue weighted by molar-refractivity contribution is -0.0583. The molecule has 2 aromatic rings. The Balaban J connectivity index is 2.38. The summed E-state index contributed by atoms with van der Waals surface area (Å²) in [5, 5.41) is 4.14. The van der Waals surface area contributed by atoms with Crippen molar-refractivity contribution in [2.75, 3.05) is 12.3 Å². The van der Waals surface area contributed by atoms with Crippen LogP contribution in [0.1, 0.15) is 45.0 Å². The summed E-state index contributed by atoms with van der Waals surface area (Å²) >= 11 is 0. The summed E-state index contributed by atoms with van der Waals surface area (Å²) in [6.07, 6.45) is 1.61. The van der Waals surface area contributed by atoms with Gasteiger partial charge in [0.1, 0.15) is 5.60 Å². The second-order valence-corrected chi connectivity index (χ2v) is 5.13. The van der Waals surface area contributed by atoms with Gasteiger partial charge in [0.05, 0.1) is 0 Å². The highest BCUT2D eigenvalue weighted by Gasteiger charge is 2.34. The van der Waals surface area contributed by atoms with Crippen LogP contribution >= 0.6 is 0 Å². The Morgan fingerprint density at radius 2 is 1.95 bits per heavy atom. The fourth-order valence-electron chi connectivity index (χ4n) is 2.45. The number of hydrogen-bond donors (Lipinski definition) is 1. The van der Waals surface area contributed by atoms with Crippen LogP contribution in [-0.2, 0) is 10.3 Å². The van der Waals surface area contributed by atoms with Crippen LogP contribution in [0.3, 0.4) is 0 Å². The molecule has 2 rings (SSSR count). The van der Waals surface area contributed by atoms with Gasteiger partial charge in [-0.1, -0.05) is 19.0 Å². The average Bonchev–Trinajstić information content (AvgIpc) is 2.98. The molecule has 0 unspecified atom stereocenters. The number of benzene rings is 1. The zero-order valence-electron chi connectivity index (χ0n) is 13.1. The smallest absolute Gasteiger partial charge is 0.258 e. The van der Waals surface area contributed by atoms with Crippen LogP contribution in [0.5, 0.6) is 0 Å². The summed E-state index contributed by atoms with van der Waals surface area (Å²) in [5.41, 5.74) is 7.99. The van der Waals surface area contributed by atoms with Crippen LogP contribution < -0.4 is 5.73 Å². The summed E-state index contributed by atoms with van der Waals surface area (Å²) in [6.45, 7) is 8.70. The van der Waals surface area contributed by atoms with Crippen LogP contribution in [0.25, 0.3) is 11.5 Å². The van der Waals surface area contributed by atoms with E-state index in [-0.39, 0.29) is 0 Å². The van der Waals surface area contributed by atoms with Crippen molar-refractivity contribution in [1.29, 1.82) is 0 Å². The first-order chi connectivity index (χ1) is 10.1. The van der Waals surface area contributed by atoms with Gasteiger partial charge in [0, 0.05) is 17.9 Å². The number of aryl methyl sites for hydroxylation is 1. The quantitative estimate of drug-likeness (QED) is 0.821. The fourth-order valence-corrected chi connectivity index (χ4v) is 2.45. The van der Waals surface area contributed by atoms with Gasteiger partial charge >= 0.3 is 0 Å². The first-order valence-electron chi connectivity index (χ1n) is 7.41. The Labute approximate surface area is 125 Å². The molecule has 0 fully saturated rings. The molecule has 1 aromatic heterocycles. The van der Waals surface area contributed by atoms with E-state index in [1.165, 1.54) is 0 Å². The van der Waals surface area contributed by atoms with Crippen molar-refractivity contribution in [3.8, 4) is 11.5 Å². The zero-order chi connectivity index (χ0) is 15.5. The van der Waals surface area contributed by atoms with Gasteiger partial charge in [0.15, 0.2) is 0 Å². The van der Waals surface area contributed by atoms with Gasteiger partial charge in [-0.25, -0.2) is 0 Å². The van der Waals surface area contributed by atoms with E-state index in [0.717, 1.165) is 29.7 Å². The Kier molecular flexibility index (Phi) is 4.63. The maximum Gasteiger partial charge on any atom is 0.258 e. The minimum absolute atomic E-state index is 0.473. The third-order valence-corrected chi connectivity index (χ3v) is 3.91. The predicted molar refractivity (Wildman–Crippen MR) is 82.8 cm³/mol. The highest BCUT2D eigenvalue weighted by atomic mass is 16.5. The fraction of sp³-hybridized carbons (Fsp3) is 0.500. The van der Waals surface area contributed by atoms with Crippen LogP contribution in [0.2, 0.25) is 0 Å². The van der Waals surface area contributed by atoms with E-state index >= 15 is 0 Å². The number of ether oxygens (including phenoxy) is 1. The molecule has 0 aliphatic heterocycles. The summed E-state index contributed by atoms with van der Waals surface area (Å²) in [5.74, 6) is 1.11. The Morgan fingerprint density at radius 3 is 2.52 bits per heavy atom. The van der Waals surface area contributed by atoms with Crippen LogP contribution in [0, 0.1) is 6.92 Å². The minimum atomic E-state index is -0.473. The highest BCUT2D eigenvalue weighted by molar-refractivity contribution is 5.60. The number of nitrogens with two attached hydrogens (primary N) is 1. The normalized spacial score (nSPS) is 11.8. The first-order valence-corrected chi connectivity index (χ1v) is 7.41. The monoisotopic (exact) mass is 289 g/mol. The molecule has 5 heteroatoms. The third-order valence-electron chi connectivity index (χ3n) is 3.91. The zero-order valence-corrected chi connectivity index (χ0v) is 13.1. The van der Waals surface area contributed by atoms with Crippen molar-refractivity contribution in [3.05, 3.63) is 29.6 Å². The molecular weight excluding hydrogens is 266 g/mol. The molecule has 21 heavy (non-hydrogen) atoms. The molecule has 1 aromatic carbocycles. The SMILES string of the molecule is CCOC(CC)(CC)c1noc(-c2ccc(N)c(C)c2)n1. The average molecular weight is 289 g/mol. The topological polar surface area (TPSA) is 74.2 Å². The maximum atomic E-state index is 5.90. The number of rotatable bonds is 6. The van der Waals surface area contributed by atoms with Crippen LogP contribution in [0.15, 0.2) is 22.7 Å². The Morgan fingerprint density at radius 1 is 1.24 bits per heavy atom. The van der Waals surface area contributed by atoms with Crippen molar-refractivity contribution in [1.82, 2.24) is 10.1 Å². The lowest BCUT2D eigenvalue weighted by atomic mass is 9.96. The van der Waals surface area contributed by atoms with Gasteiger partial charge in [-0.15, -0.1) is 0 Å². The number of nitrogens with zero attached hydrogens (tertiary/aromatic N) is 2. The van der Waals surface area contributed by atoms with Gasteiger partial charge in [0.25, 0.3) is 5.89 Å². The van der Waals surface area contributed by atoms with E-state index in [1.807, 2.05) is 32.0 Å². The van der Waals surface area contributed by atoms with Gasteiger partial charge in [-0.3, -0.25) is 0 Å². The molecule has 0 bridgehead atoms. The highest BCUT2D eigenvalue weighted by Crippen LogP contribution is 2.32.